The van der Waals surface area contributed by atoms with Crippen LogP contribution in [0.15, 0.2) is 24.3 Å². The molecule has 0 saturated carbocycles. The summed E-state index contributed by atoms with van der Waals surface area (Å²) in [7, 11) is -1.11. The van der Waals surface area contributed by atoms with E-state index >= 15 is 0 Å². The number of nitrogens with one attached hydrogen (secondary N) is 1. The number of ether oxygens (including phenoxy) is 1. The van der Waals surface area contributed by atoms with Gasteiger partial charge in [-0.3, -0.25) is 0 Å². The second-order valence-corrected chi connectivity index (χ2v) is 6.90. The Morgan fingerprint density at radius 3 is 2.75 bits per heavy atom. The predicted molar refractivity (Wildman–Crippen MR) is 81.9 cm³/mol. The van der Waals surface area contributed by atoms with Crippen LogP contribution < -0.4 is 9.46 Å². The summed E-state index contributed by atoms with van der Waals surface area (Å²) in [6, 6.07) is 7.28. The van der Waals surface area contributed by atoms with Gasteiger partial charge in [0.25, 0.3) is 0 Å². The zero-order valence-corrected chi connectivity index (χ0v) is 13.4. The largest absolute Gasteiger partial charge is 0.492 e. The van der Waals surface area contributed by atoms with Gasteiger partial charge in [-0.25, -0.2) is 13.1 Å². The lowest BCUT2D eigenvalue weighted by atomic mass is 10.3. The normalized spacial score (nSPS) is 11.8. The second-order valence-electron chi connectivity index (χ2n) is 4.63. The minimum Gasteiger partial charge on any atom is -0.492 e. The van der Waals surface area contributed by atoms with Gasteiger partial charge in [0, 0.05) is 18.1 Å². The third-order valence-electron chi connectivity index (χ3n) is 2.62. The van der Waals surface area contributed by atoms with E-state index in [2.05, 4.69) is 9.62 Å². The summed E-state index contributed by atoms with van der Waals surface area (Å²) >= 11 is 5.86. The summed E-state index contributed by atoms with van der Waals surface area (Å²) < 4.78 is 29.8. The Bertz CT molecular complexity index is 508. The Morgan fingerprint density at radius 1 is 1.35 bits per heavy atom. The van der Waals surface area contributed by atoms with Crippen LogP contribution in [0, 0.1) is 0 Å². The fourth-order valence-corrected chi connectivity index (χ4v) is 2.29. The maximum atomic E-state index is 10.9. The van der Waals surface area contributed by atoms with Crippen molar-refractivity contribution in [3.05, 3.63) is 29.3 Å². The maximum absolute atomic E-state index is 10.9. The molecular weight excluding hydrogens is 300 g/mol. The molecule has 1 aromatic rings. The number of nitrogens with zero attached hydrogens (tertiary/aromatic N) is 1. The van der Waals surface area contributed by atoms with Crippen LogP contribution in [-0.2, 0) is 10.0 Å². The summed E-state index contributed by atoms with van der Waals surface area (Å²) in [6.45, 7) is 2.60. The van der Waals surface area contributed by atoms with Crippen molar-refractivity contribution in [1.82, 2.24) is 9.62 Å². The van der Waals surface area contributed by atoms with E-state index in [0.717, 1.165) is 31.5 Å². The highest BCUT2D eigenvalue weighted by molar-refractivity contribution is 7.88. The minimum atomic E-state index is -3.08. The topological polar surface area (TPSA) is 58.6 Å². The quantitative estimate of drug-likeness (QED) is 0.702. The molecular formula is C13H21ClN2O3S. The molecule has 0 spiro atoms. The average molecular weight is 321 g/mol. The van der Waals surface area contributed by atoms with Gasteiger partial charge in [-0.2, -0.15) is 0 Å². The molecule has 0 aliphatic rings. The van der Waals surface area contributed by atoms with Crippen LogP contribution >= 0.6 is 11.6 Å². The monoisotopic (exact) mass is 320 g/mol. The summed E-state index contributed by atoms with van der Waals surface area (Å²) in [5.41, 5.74) is 0. The summed E-state index contributed by atoms with van der Waals surface area (Å²) in [5.74, 6) is 0.754. The van der Waals surface area contributed by atoms with Gasteiger partial charge >= 0.3 is 0 Å². The van der Waals surface area contributed by atoms with E-state index in [1.807, 2.05) is 19.2 Å². The van der Waals surface area contributed by atoms with Gasteiger partial charge in [0.15, 0.2) is 0 Å². The van der Waals surface area contributed by atoms with Crippen molar-refractivity contribution in [3.8, 4) is 5.75 Å². The van der Waals surface area contributed by atoms with Crippen LogP contribution in [0.1, 0.15) is 6.42 Å². The molecule has 5 nitrogen and oxygen atoms in total. The molecule has 0 unspecified atom stereocenters. The summed E-state index contributed by atoms with van der Waals surface area (Å²) in [4.78, 5) is 2.09. The van der Waals surface area contributed by atoms with Gasteiger partial charge in [0.1, 0.15) is 12.4 Å². The molecule has 114 valence electrons. The molecule has 7 heteroatoms. The lowest BCUT2D eigenvalue weighted by Crippen LogP contribution is -2.29. The fourth-order valence-electron chi connectivity index (χ4n) is 1.59. The Hall–Kier alpha value is -0.820. The smallest absolute Gasteiger partial charge is 0.208 e. The Balaban J connectivity index is 2.12. The molecule has 0 aromatic heterocycles. The van der Waals surface area contributed by atoms with Gasteiger partial charge in [0.05, 0.1) is 6.26 Å². The fraction of sp³-hybridized carbons (Fsp3) is 0.538. The van der Waals surface area contributed by atoms with Gasteiger partial charge < -0.3 is 9.64 Å². The first-order valence-electron chi connectivity index (χ1n) is 6.38. The summed E-state index contributed by atoms with van der Waals surface area (Å²) in [6.07, 6.45) is 1.93. The van der Waals surface area contributed by atoms with E-state index in [-0.39, 0.29) is 0 Å². The number of hydrogen-bond acceptors (Lipinski definition) is 4. The molecule has 0 radical (unpaired) electrons. The molecule has 1 rings (SSSR count). The van der Waals surface area contributed by atoms with Crippen molar-refractivity contribution in [2.24, 2.45) is 0 Å². The van der Waals surface area contributed by atoms with Crippen LogP contribution in [0.3, 0.4) is 0 Å². The molecule has 0 heterocycles. The highest BCUT2D eigenvalue weighted by Crippen LogP contribution is 2.16. The average Bonchev–Trinajstić information content (AvgIpc) is 2.34. The van der Waals surface area contributed by atoms with Gasteiger partial charge in [-0.05, 0) is 38.2 Å². The second kappa shape index (κ2) is 8.46. The number of likely N-dealkylation sites (N-methyl/N-ethyl adjacent to an activating group) is 1. The predicted octanol–water partition coefficient (Wildman–Crippen LogP) is 1.59. The third kappa shape index (κ3) is 8.37. The van der Waals surface area contributed by atoms with Crippen LogP contribution in [0.5, 0.6) is 5.75 Å². The number of sulfonamides is 1. The summed E-state index contributed by atoms with van der Waals surface area (Å²) in [5, 5.41) is 0.655. The highest BCUT2D eigenvalue weighted by Gasteiger charge is 2.02. The maximum Gasteiger partial charge on any atom is 0.208 e. The molecule has 1 aromatic carbocycles. The molecule has 0 aliphatic heterocycles. The Labute approximate surface area is 125 Å². The molecule has 0 fully saturated rings. The molecule has 20 heavy (non-hydrogen) atoms. The van der Waals surface area contributed by atoms with E-state index in [1.165, 1.54) is 0 Å². The molecule has 1 N–H and O–H groups in total. The van der Waals surface area contributed by atoms with Gasteiger partial charge in [-0.1, -0.05) is 17.7 Å². The first-order chi connectivity index (χ1) is 9.37. The first kappa shape index (κ1) is 17.2. The van der Waals surface area contributed by atoms with Crippen molar-refractivity contribution in [2.75, 3.05) is 39.5 Å². The van der Waals surface area contributed by atoms with Gasteiger partial charge in [-0.15, -0.1) is 0 Å². The van der Waals surface area contributed by atoms with Crippen molar-refractivity contribution < 1.29 is 13.2 Å². The van der Waals surface area contributed by atoms with Crippen molar-refractivity contribution in [2.45, 2.75) is 6.42 Å². The molecule has 0 saturated heterocycles. The first-order valence-corrected chi connectivity index (χ1v) is 8.65. The zero-order valence-electron chi connectivity index (χ0n) is 11.8. The Morgan fingerprint density at radius 2 is 2.10 bits per heavy atom. The lowest BCUT2D eigenvalue weighted by molar-refractivity contribution is 0.236. The van der Waals surface area contributed by atoms with Crippen LogP contribution in [0.2, 0.25) is 5.02 Å². The van der Waals surface area contributed by atoms with Crippen LogP contribution in [-0.4, -0.2) is 52.9 Å². The van der Waals surface area contributed by atoms with Gasteiger partial charge in [0.2, 0.25) is 10.0 Å². The highest BCUT2D eigenvalue weighted by atomic mass is 35.5. The molecule has 0 bridgehead atoms. The molecule has 0 aliphatic carbocycles. The lowest BCUT2D eigenvalue weighted by Gasteiger charge is -2.16. The van der Waals surface area contributed by atoms with E-state index in [4.69, 9.17) is 16.3 Å². The number of rotatable bonds is 9. The number of hydrogen-bond donors (Lipinski definition) is 1. The zero-order chi connectivity index (χ0) is 15.0. The Kier molecular flexibility index (Phi) is 7.29. The minimum absolute atomic E-state index is 0.457. The van der Waals surface area contributed by atoms with Crippen LogP contribution in [0.25, 0.3) is 0 Å². The van der Waals surface area contributed by atoms with E-state index in [9.17, 15) is 8.42 Å². The van der Waals surface area contributed by atoms with E-state index in [1.54, 1.807) is 12.1 Å². The molecule has 0 amide bonds. The van der Waals surface area contributed by atoms with Crippen LogP contribution in [0.4, 0.5) is 0 Å². The number of benzene rings is 1. The van der Waals surface area contributed by atoms with Crippen molar-refractivity contribution in [1.29, 1.82) is 0 Å². The number of halogens is 1. The van der Waals surface area contributed by atoms with E-state index in [0.29, 0.717) is 18.2 Å². The third-order valence-corrected chi connectivity index (χ3v) is 3.58. The van der Waals surface area contributed by atoms with Crippen molar-refractivity contribution >= 4 is 21.6 Å². The van der Waals surface area contributed by atoms with E-state index < -0.39 is 10.0 Å². The standard InChI is InChI=1S/C13H21ClN2O3S/c1-16(8-4-7-15-20(2,17)18)9-10-19-13-6-3-5-12(14)11-13/h3,5-6,11,15H,4,7-10H2,1-2H3. The SMILES string of the molecule is CN(CCCNS(C)(=O)=O)CCOc1cccc(Cl)c1. The van der Waals surface area contributed by atoms with Crippen molar-refractivity contribution in [3.63, 3.8) is 0 Å². The molecule has 0 atom stereocenters.